The van der Waals surface area contributed by atoms with Crippen LogP contribution in [0.1, 0.15) is 6.92 Å². The highest BCUT2D eigenvalue weighted by Gasteiger charge is 2.88. The zero-order valence-corrected chi connectivity index (χ0v) is 9.73. The highest BCUT2D eigenvalue weighted by atomic mass is 19.4. The first kappa shape index (κ1) is 20.1. The van der Waals surface area contributed by atoms with Gasteiger partial charge in [-0.3, -0.25) is 0 Å². The van der Waals surface area contributed by atoms with Crippen LogP contribution in [-0.2, 0) is 4.74 Å². The van der Waals surface area contributed by atoms with E-state index < -0.39 is 42.8 Å². The predicted octanol–water partition coefficient (Wildman–Crippen LogP) is 4.42. The van der Waals surface area contributed by atoms with E-state index in [2.05, 4.69) is 4.74 Å². The average molecular weight is 346 g/mol. The first-order valence-electron chi connectivity index (χ1n) is 4.82. The van der Waals surface area contributed by atoms with Crippen LogP contribution in [0.3, 0.4) is 0 Å². The van der Waals surface area contributed by atoms with Crippen molar-refractivity contribution < 1.29 is 57.4 Å². The lowest BCUT2D eigenvalue weighted by molar-refractivity contribution is -0.440. The fourth-order valence-electron chi connectivity index (χ4n) is 1.32. The van der Waals surface area contributed by atoms with Crippen molar-refractivity contribution in [1.29, 1.82) is 0 Å². The van der Waals surface area contributed by atoms with Crippen molar-refractivity contribution in [1.82, 2.24) is 0 Å². The third kappa shape index (κ3) is 3.16. The van der Waals surface area contributed by atoms with Crippen LogP contribution in [0.25, 0.3) is 0 Å². The van der Waals surface area contributed by atoms with Gasteiger partial charge in [0.1, 0.15) is 0 Å². The van der Waals surface area contributed by atoms with Gasteiger partial charge in [0.2, 0.25) is 0 Å². The minimum atomic E-state index is -7.26. The SMILES string of the molecule is CCOC(F)(C(F)C(F)(F)F)C(F)(C(F)(F)F)C(F)(F)F. The second-order valence-electron chi connectivity index (χ2n) is 3.64. The molecule has 0 radical (unpaired) electrons. The Labute approximate surface area is 108 Å². The van der Waals surface area contributed by atoms with Crippen molar-refractivity contribution in [2.75, 3.05) is 6.61 Å². The van der Waals surface area contributed by atoms with E-state index in [1.54, 1.807) is 0 Å². The average Bonchev–Trinajstić information content (AvgIpc) is 2.22. The molecule has 0 bridgehead atoms. The molecule has 0 saturated carbocycles. The molecule has 128 valence electrons. The molecule has 0 aliphatic carbocycles. The molecular weight excluding hydrogens is 340 g/mol. The fourth-order valence-corrected chi connectivity index (χ4v) is 1.32. The van der Waals surface area contributed by atoms with Crippen molar-refractivity contribution in [3.05, 3.63) is 0 Å². The van der Waals surface area contributed by atoms with Gasteiger partial charge in [0.25, 0.3) is 6.17 Å². The van der Waals surface area contributed by atoms with E-state index in [9.17, 15) is 52.7 Å². The Morgan fingerprint density at radius 2 is 1.10 bits per heavy atom. The molecule has 0 rings (SSSR count). The summed E-state index contributed by atoms with van der Waals surface area (Å²) < 4.78 is 152. The normalized spacial score (nSPS) is 19.3. The van der Waals surface area contributed by atoms with Crippen LogP contribution in [0, 0.1) is 0 Å². The van der Waals surface area contributed by atoms with Crippen LogP contribution >= 0.6 is 0 Å². The first-order valence-corrected chi connectivity index (χ1v) is 4.82. The molecule has 0 aromatic heterocycles. The predicted molar refractivity (Wildman–Crippen MR) is 42.4 cm³/mol. The number of rotatable bonds is 4. The number of hydrogen-bond donors (Lipinski definition) is 0. The van der Waals surface area contributed by atoms with E-state index in [1.165, 1.54) is 0 Å². The number of halogens is 12. The molecule has 0 fully saturated rings. The summed E-state index contributed by atoms with van der Waals surface area (Å²) in [4.78, 5) is 0. The Bertz CT molecular complexity index is 340. The van der Waals surface area contributed by atoms with Crippen LogP contribution in [0.4, 0.5) is 52.7 Å². The van der Waals surface area contributed by atoms with Crippen molar-refractivity contribution in [2.45, 2.75) is 43.1 Å². The summed E-state index contributed by atoms with van der Waals surface area (Å²) in [5.41, 5.74) is -7.22. The van der Waals surface area contributed by atoms with Gasteiger partial charge in [-0.25, -0.2) is 13.2 Å². The molecular formula is C8H6F12O. The first-order chi connectivity index (χ1) is 8.97. The minimum absolute atomic E-state index is 0.449. The van der Waals surface area contributed by atoms with Crippen LogP contribution < -0.4 is 0 Å². The van der Waals surface area contributed by atoms with Gasteiger partial charge in [0.15, 0.2) is 0 Å². The van der Waals surface area contributed by atoms with E-state index in [0.717, 1.165) is 0 Å². The standard InChI is InChI=1S/C8H6F12O/c1-2-21-4(10,3(9)5(11,12)13)6(14,7(15,16)17)8(18,19)20/h3H,2H2,1H3. The van der Waals surface area contributed by atoms with E-state index >= 15 is 0 Å². The van der Waals surface area contributed by atoms with E-state index in [1.807, 2.05) is 0 Å². The van der Waals surface area contributed by atoms with Crippen molar-refractivity contribution in [3.63, 3.8) is 0 Å². The van der Waals surface area contributed by atoms with Crippen LogP contribution in [0.5, 0.6) is 0 Å². The fraction of sp³-hybridized carbons (Fsp3) is 1.00. The topological polar surface area (TPSA) is 9.23 Å². The van der Waals surface area contributed by atoms with Gasteiger partial charge in [0, 0.05) is 6.61 Å². The van der Waals surface area contributed by atoms with Gasteiger partial charge >= 0.3 is 30.1 Å². The smallest absolute Gasteiger partial charge is 0.341 e. The Hall–Kier alpha value is -0.880. The van der Waals surface area contributed by atoms with E-state index in [-0.39, 0.29) is 0 Å². The molecule has 0 aromatic carbocycles. The molecule has 13 heteroatoms. The number of alkyl halides is 12. The second kappa shape index (κ2) is 5.39. The summed E-state index contributed by atoms with van der Waals surface area (Å²) in [6, 6.07) is 0. The summed E-state index contributed by atoms with van der Waals surface area (Å²) in [5.74, 6) is -6.39. The summed E-state index contributed by atoms with van der Waals surface area (Å²) in [6.45, 7) is -1.14. The molecule has 0 aliphatic heterocycles. The zero-order chi connectivity index (χ0) is 17.5. The summed E-state index contributed by atoms with van der Waals surface area (Å²) in [5, 5.41) is 0. The lowest BCUT2D eigenvalue weighted by Gasteiger charge is -2.41. The molecule has 0 saturated heterocycles. The summed E-state index contributed by atoms with van der Waals surface area (Å²) in [7, 11) is 0. The van der Waals surface area contributed by atoms with Crippen molar-refractivity contribution in [3.8, 4) is 0 Å². The number of hydrogen-bond acceptors (Lipinski definition) is 1. The van der Waals surface area contributed by atoms with E-state index in [0.29, 0.717) is 6.92 Å². The van der Waals surface area contributed by atoms with Gasteiger partial charge in [0.05, 0.1) is 0 Å². The maximum absolute atomic E-state index is 13.6. The lowest BCUT2D eigenvalue weighted by atomic mass is 9.90. The molecule has 21 heavy (non-hydrogen) atoms. The highest BCUT2D eigenvalue weighted by Crippen LogP contribution is 2.57. The van der Waals surface area contributed by atoms with Crippen molar-refractivity contribution in [2.24, 2.45) is 0 Å². The van der Waals surface area contributed by atoms with Crippen LogP contribution in [-0.4, -0.2) is 42.8 Å². The third-order valence-electron chi connectivity index (χ3n) is 2.22. The lowest BCUT2D eigenvalue weighted by Crippen LogP contribution is -2.72. The maximum Gasteiger partial charge on any atom is 0.437 e. The number of ether oxygens (including phenoxy) is 1. The highest BCUT2D eigenvalue weighted by molar-refractivity contribution is 5.10. The molecule has 0 aliphatic rings. The Balaban J connectivity index is 6.37. The monoisotopic (exact) mass is 346 g/mol. The maximum atomic E-state index is 13.6. The molecule has 0 heterocycles. The van der Waals surface area contributed by atoms with Gasteiger partial charge in [-0.2, -0.15) is 39.5 Å². The molecule has 1 nitrogen and oxygen atoms in total. The largest absolute Gasteiger partial charge is 0.437 e. The van der Waals surface area contributed by atoms with Gasteiger partial charge in [-0.05, 0) is 6.92 Å². The van der Waals surface area contributed by atoms with Crippen molar-refractivity contribution >= 4 is 0 Å². The van der Waals surface area contributed by atoms with Crippen LogP contribution in [0.15, 0.2) is 0 Å². The summed E-state index contributed by atoms with van der Waals surface area (Å²) >= 11 is 0. The minimum Gasteiger partial charge on any atom is -0.341 e. The quantitative estimate of drug-likeness (QED) is 0.685. The van der Waals surface area contributed by atoms with Gasteiger partial charge in [-0.1, -0.05) is 0 Å². The third-order valence-corrected chi connectivity index (χ3v) is 2.22. The molecule has 0 amide bonds. The molecule has 2 unspecified atom stereocenters. The molecule has 0 aromatic rings. The molecule has 2 atom stereocenters. The Morgan fingerprint density at radius 1 is 0.762 bits per heavy atom. The van der Waals surface area contributed by atoms with Gasteiger partial charge in [-0.15, -0.1) is 0 Å². The Kier molecular flexibility index (Phi) is 5.17. The van der Waals surface area contributed by atoms with E-state index in [4.69, 9.17) is 0 Å². The van der Waals surface area contributed by atoms with Crippen LogP contribution in [0.2, 0.25) is 0 Å². The Morgan fingerprint density at radius 3 is 1.29 bits per heavy atom. The molecule has 0 N–H and O–H groups in total. The zero-order valence-electron chi connectivity index (χ0n) is 9.73. The molecule has 0 spiro atoms. The van der Waals surface area contributed by atoms with Gasteiger partial charge < -0.3 is 4.74 Å². The second-order valence-corrected chi connectivity index (χ2v) is 3.64. The summed E-state index contributed by atoms with van der Waals surface area (Å²) in [6.07, 6.45) is -26.6.